The standard InChI is InChI=1S/C24H38ClN3O3/c1-15(2)13-19(26)21(29)27-20(16(3)4)22(30)28-12-11-24(31,23(5,6)14-28)17-7-9-18(25)10-8-17/h7-10,15-16,19-20,31H,11-14,26H2,1-6H3,(H,27,29)/t19-,20+,24-/m0/s1. The van der Waals surface area contributed by atoms with Gasteiger partial charge in [-0.3, -0.25) is 9.59 Å². The lowest BCUT2D eigenvalue weighted by atomic mass is 9.66. The van der Waals surface area contributed by atoms with Crippen LogP contribution in [0.1, 0.15) is 59.9 Å². The second-order valence-corrected chi connectivity index (χ2v) is 10.7. The van der Waals surface area contributed by atoms with E-state index in [1.54, 1.807) is 17.0 Å². The van der Waals surface area contributed by atoms with E-state index in [0.717, 1.165) is 5.56 Å². The van der Waals surface area contributed by atoms with Crippen LogP contribution < -0.4 is 11.1 Å². The van der Waals surface area contributed by atoms with Crippen LogP contribution in [0.4, 0.5) is 0 Å². The molecule has 31 heavy (non-hydrogen) atoms. The molecule has 0 radical (unpaired) electrons. The number of nitrogens with zero attached hydrogens (tertiary/aromatic N) is 1. The number of amides is 2. The molecule has 1 aliphatic rings. The second-order valence-electron chi connectivity index (χ2n) is 10.2. The number of rotatable bonds is 7. The van der Waals surface area contributed by atoms with Crippen molar-refractivity contribution in [1.29, 1.82) is 0 Å². The van der Waals surface area contributed by atoms with Crippen molar-refractivity contribution in [2.75, 3.05) is 13.1 Å². The van der Waals surface area contributed by atoms with Crippen molar-refractivity contribution >= 4 is 23.4 Å². The van der Waals surface area contributed by atoms with Crippen molar-refractivity contribution in [3.63, 3.8) is 0 Å². The van der Waals surface area contributed by atoms with Crippen molar-refractivity contribution in [2.24, 2.45) is 23.0 Å². The van der Waals surface area contributed by atoms with E-state index in [1.807, 2.05) is 53.7 Å². The lowest BCUT2D eigenvalue weighted by molar-refractivity contribution is -0.156. The molecule has 7 heteroatoms. The number of nitrogens with one attached hydrogen (secondary N) is 1. The lowest BCUT2D eigenvalue weighted by Gasteiger charge is -2.51. The number of benzene rings is 1. The van der Waals surface area contributed by atoms with Gasteiger partial charge in [-0.25, -0.2) is 0 Å². The van der Waals surface area contributed by atoms with Crippen LogP contribution in [-0.2, 0) is 15.2 Å². The molecule has 1 fully saturated rings. The molecule has 174 valence electrons. The van der Waals surface area contributed by atoms with E-state index in [-0.39, 0.29) is 17.7 Å². The van der Waals surface area contributed by atoms with Crippen molar-refractivity contribution < 1.29 is 14.7 Å². The molecule has 4 N–H and O–H groups in total. The minimum absolute atomic E-state index is 0.0807. The summed E-state index contributed by atoms with van der Waals surface area (Å²) in [6, 6.07) is 5.94. The van der Waals surface area contributed by atoms with Gasteiger partial charge in [-0.2, -0.15) is 0 Å². The molecule has 0 spiro atoms. The van der Waals surface area contributed by atoms with Crippen LogP contribution >= 0.6 is 11.6 Å². The van der Waals surface area contributed by atoms with E-state index in [0.29, 0.717) is 36.9 Å². The van der Waals surface area contributed by atoms with E-state index in [1.165, 1.54) is 0 Å². The Balaban J connectivity index is 2.16. The summed E-state index contributed by atoms with van der Waals surface area (Å²) >= 11 is 6.01. The topological polar surface area (TPSA) is 95.7 Å². The maximum atomic E-state index is 13.4. The first kappa shape index (κ1) is 25.6. The first-order valence-corrected chi connectivity index (χ1v) is 11.5. The van der Waals surface area contributed by atoms with Crippen LogP contribution in [0.25, 0.3) is 0 Å². The Hall–Kier alpha value is -1.63. The molecular weight excluding hydrogens is 414 g/mol. The van der Waals surface area contributed by atoms with E-state index in [2.05, 4.69) is 5.32 Å². The molecule has 1 saturated heterocycles. The van der Waals surface area contributed by atoms with Crippen LogP contribution in [0.15, 0.2) is 24.3 Å². The fraction of sp³-hybridized carbons (Fsp3) is 0.667. The summed E-state index contributed by atoms with van der Waals surface area (Å²) in [6.07, 6.45) is 0.967. The van der Waals surface area contributed by atoms with Crippen LogP contribution in [0.3, 0.4) is 0 Å². The van der Waals surface area contributed by atoms with Gasteiger partial charge in [0.2, 0.25) is 11.8 Å². The van der Waals surface area contributed by atoms with Gasteiger partial charge < -0.3 is 21.1 Å². The molecule has 0 aromatic heterocycles. The zero-order valence-corrected chi connectivity index (χ0v) is 20.4. The number of hydrogen-bond donors (Lipinski definition) is 3. The predicted molar refractivity (Wildman–Crippen MR) is 125 cm³/mol. The highest BCUT2D eigenvalue weighted by molar-refractivity contribution is 6.30. The molecule has 0 saturated carbocycles. The van der Waals surface area contributed by atoms with Gasteiger partial charge in [0.05, 0.1) is 11.6 Å². The predicted octanol–water partition coefficient (Wildman–Crippen LogP) is 3.30. The average molecular weight is 452 g/mol. The van der Waals surface area contributed by atoms with Crippen LogP contribution in [0.2, 0.25) is 5.02 Å². The molecule has 0 bridgehead atoms. The Bertz CT molecular complexity index is 779. The number of nitrogens with two attached hydrogens (primary N) is 1. The fourth-order valence-electron chi connectivity index (χ4n) is 4.36. The number of aliphatic hydroxyl groups is 1. The van der Waals surface area contributed by atoms with E-state index >= 15 is 0 Å². The first-order valence-electron chi connectivity index (χ1n) is 11.1. The summed E-state index contributed by atoms with van der Waals surface area (Å²) in [7, 11) is 0. The van der Waals surface area contributed by atoms with E-state index in [4.69, 9.17) is 17.3 Å². The number of likely N-dealkylation sites (tertiary alicyclic amines) is 1. The molecule has 1 aromatic rings. The highest BCUT2D eigenvalue weighted by Crippen LogP contribution is 2.46. The van der Waals surface area contributed by atoms with Gasteiger partial charge in [-0.05, 0) is 42.4 Å². The minimum atomic E-state index is -1.08. The van der Waals surface area contributed by atoms with Crippen LogP contribution in [0, 0.1) is 17.3 Å². The molecular formula is C24H38ClN3O3. The van der Waals surface area contributed by atoms with Crippen molar-refractivity contribution in [2.45, 2.75) is 72.1 Å². The van der Waals surface area contributed by atoms with E-state index in [9.17, 15) is 14.7 Å². The Labute approximate surface area is 191 Å². The molecule has 1 aromatic carbocycles. The zero-order valence-electron chi connectivity index (χ0n) is 19.6. The molecule has 2 amide bonds. The van der Waals surface area contributed by atoms with Gasteiger partial charge in [-0.15, -0.1) is 0 Å². The number of carbonyl (C=O) groups excluding carboxylic acids is 2. The van der Waals surface area contributed by atoms with Gasteiger partial charge in [0.1, 0.15) is 6.04 Å². The minimum Gasteiger partial charge on any atom is -0.384 e. The van der Waals surface area contributed by atoms with Gasteiger partial charge >= 0.3 is 0 Å². The highest BCUT2D eigenvalue weighted by Gasteiger charge is 2.50. The van der Waals surface area contributed by atoms with Crippen molar-refractivity contribution in [3.8, 4) is 0 Å². The van der Waals surface area contributed by atoms with Gasteiger partial charge in [-0.1, -0.05) is 65.3 Å². The van der Waals surface area contributed by atoms with Crippen molar-refractivity contribution in [3.05, 3.63) is 34.9 Å². The third-order valence-electron chi connectivity index (χ3n) is 6.38. The Kier molecular flexibility index (Phi) is 8.17. The van der Waals surface area contributed by atoms with Crippen molar-refractivity contribution in [1.82, 2.24) is 10.2 Å². The quantitative estimate of drug-likeness (QED) is 0.592. The summed E-state index contributed by atoms with van der Waals surface area (Å²) in [4.78, 5) is 27.7. The monoisotopic (exact) mass is 451 g/mol. The average Bonchev–Trinajstić information content (AvgIpc) is 2.67. The number of piperidine rings is 1. The Morgan fingerprint density at radius 1 is 1.19 bits per heavy atom. The molecule has 3 atom stereocenters. The van der Waals surface area contributed by atoms with Gasteiger partial charge in [0, 0.05) is 23.5 Å². The Morgan fingerprint density at radius 2 is 1.77 bits per heavy atom. The fourth-order valence-corrected chi connectivity index (χ4v) is 4.48. The third-order valence-corrected chi connectivity index (χ3v) is 6.63. The second kappa shape index (κ2) is 9.88. The van der Waals surface area contributed by atoms with Crippen LogP contribution in [0.5, 0.6) is 0 Å². The van der Waals surface area contributed by atoms with Gasteiger partial charge in [0.15, 0.2) is 0 Å². The SMILES string of the molecule is CC(C)C[C@H](N)C(=O)N[C@@H](C(=O)N1CC[C@](O)(c2ccc(Cl)cc2)C(C)(C)C1)C(C)C. The third kappa shape index (κ3) is 5.79. The summed E-state index contributed by atoms with van der Waals surface area (Å²) in [5.74, 6) is -0.216. The summed E-state index contributed by atoms with van der Waals surface area (Å²) in [5, 5.41) is 15.0. The molecule has 6 nitrogen and oxygen atoms in total. The summed E-state index contributed by atoms with van der Waals surface area (Å²) in [6.45, 7) is 12.5. The smallest absolute Gasteiger partial charge is 0.245 e. The molecule has 1 heterocycles. The number of carbonyl (C=O) groups is 2. The maximum Gasteiger partial charge on any atom is 0.245 e. The normalized spacial score (nSPS) is 23.0. The molecule has 1 aliphatic heterocycles. The summed E-state index contributed by atoms with van der Waals surface area (Å²) < 4.78 is 0. The lowest BCUT2D eigenvalue weighted by Crippen LogP contribution is -2.61. The van der Waals surface area contributed by atoms with Crippen LogP contribution in [-0.4, -0.2) is 47.0 Å². The maximum absolute atomic E-state index is 13.4. The molecule has 0 unspecified atom stereocenters. The number of hydrogen-bond acceptors (Lipinski definition) is 4. The Morgan fingerprint density at radius 3 is 2.26 bits per heavy atom. The van der Waals surface area contributed by atoms with Gasteiger partial charge in [0.25, 0.3) is 0 Å². The highest BCUT2D eigenvalue weighted by atomic mass is 35.5. The number of halogens is 1. The first-order chi connectivity index (χ1) is 14.3. The zero-order chi connectivity index (χ0) is 23.6. The molecule has 2 rings (SSSR count). The van der Waals surface area contributed by atoms with E-state index < -0.39 is 23.1 Å². The largest absolute Gasteiger partial charge is 0.384 e. The molecule has 0 aliphatic carbocycles. The summed E-state index contributed by atoms with van der Waals surface area (Å²) in [5.41, 5.74) is 5.15.